The molecule has 0 amide bonds. The van der Waals surface area contributed by atoms with Gasteiger partial charge in [0.15, 0.2) is 5.96 Å². The SMILES string of the molecule is CC1CN(Cc2cccc(CN=C(N)N3CCSCC3)c2)CCO1. The van der Waals surface area contributed by atoms with Gasteiger partial charge in [0.05, 0.1) is 19.3 Å². The van der Waals surface area contributed by atoms with Crippen LogP contribution in [0.2, 0.25) is 0 Å². The van der Waals surface area contributed by atoms with Crippen molar-refractivity contribution in [3.05, 3.63) is 35.4 Å². The predicted molar refractivity (Wildman–Crippen MR) is 101 cm³/mol. The van der Waals surface area contributed by atoms with Crippen LogP contribution in [0.15, 0.2) is 29.3 Å². The van der Waals surface area contributed by atoms with Gasteiger partial charge in [0.25, 0.3) is 0 Å². The summed E-state index contributed by atoms with van der Waals surface area (Å²) in [6, 6.07) is 8.70. The Morgan fingerprint density at radius 1 is 1.29 bits per heavy atom. The third kappa shape index (κ3) is 5.13. The summed E-state index contributed by atoms with van der Waals surface area (Å²) in [6.07, 6.45) is 0.328. The zero-order valence-corrected chi connectivity index (χ0v) is 15.3. The molecule has 1 aromatic carbocycles. The molecule has 0 bridgehead atoms. The topological polar surface area (TPSA) is 54.1 Å². The average molecular weight is 349 g/mol. The van der Waals surface area contributed by atoms with Crippen molar-refractivity contribution in [1.29, 1.82) is 0 Å². The highest BCUT2D eigenvalue weighted by Crippen LogP contribution is 2.13. The first-order valence-electron chi connectivity index (χ1n) is 8.75. The van der Waals surface area contributed by atoms with Gasteiger partial charge < -0.3 is 15.4 Å². The van der Waals surface area contributed by atoms with Gasteiger partial charge in [0, 0.05) is 44.2 Å². The highest BCUT2D eigenvalue weighted by atomic mass is 32.2. The summed E-state index contributed by atoms with van der Waals surface area (Å²) in [5.41, 5.74) is 8.71. The van der Waals surface area contributed by atoms with Gasteiger partial charge in [0.1, 0.15) is 0 Å². The molecule has 1 atom stereocenters. The predicted octanol–water partition coefficient (Wildman–Crippen LogP) is 1.77. The molecule has 2 aliphatic rings. The van der Waals surface area contributed by atoms with Crippen LogP contribution in [0.4, 0.5) is 0 Å². The smallest absolute Gasteiger partial charge is 0.191 e. The number of nitrogens with two attached hydrogens (primary N) is 1. The maximum Gasteiger partial charge on any atom is 0.191 e. The number of morpholine rings is 1. The van der Waals surface area contributed by atoms with E-state index in [1.807, 2.05) is 11.8 Å². The highest BCUT2D eigenvalue weighted by molar-refractivity contribution is 7.99. The minimum Gasteiger partial charge on any atom is -0.376 e. The Morgan fingerprint density at radius 3 is 2.88 bits per heavy atom. The van der Waals surface area contributed by atoms with E-state index >= 15 is 0 Å². The van der Waals surface area contributed by atoms with E-state index in [9.17, 15) is 0 Å². The maximum absolute atomic E-state index is 6.14. The van der Waals surface area contributed by atoms with Gasteiger partial charge in [0.2, 0.25) is 0 Å². The van der Waals surface area contributed by atoms with Gasteiger partial charge in [-0.15, -0.1) is 0 Å². The lowest BCUT2D eigenvalue weighted by molar-refractivity contribution is -0.0212. The van der Waals surface area contributed by atoms with Gasteiger partial charge in [-0.25, -0.2) is 4.99 Å². The molecule has 2 fully saturated rings. The molecule has 2 N–H and O–H groups in total. The molecule has 0 radical (unpaired) electrons. The van der Waals surface area contributed by atoms with Crippen LogP contribution in [0, 0.1) is 0 Å². The molecular weight excluding hydrogens is 320 g/mol. The van der Waals surface area contributed by atoms with E-state index in [1.165, 1.54) is 11.1 Å². The first-order chi connectivity index (χ1) is 11.7. The number of hydrogen-bond donors (Lipinski definition) is 1. The zero-order valence-electron chi connectivity index (χ0n) is 14.5. The Bertz CT molecular complexity index is 560. The number of guanidine groups is 1. The third-order valence-corrected chi connectivity index (χ3v) is 5.42. The molecule has 2 heterocycles. The lowest BCUT2D eigenvalue weighted by Gasteiger charge is -2.31. The average Bonchev–Trinajstić information content (AvgIpc) is 2.61. The fourth-order valence-electron chi connectivity index (χ4n) is 3.18. The van der Waals surface area contributed by atoms with Crippen LogP contribution < -0.4 is 5.73 Å². The van der Waals surface area contributed by atoms with Crippen molar-refractivity contribution in [2.45, 2.75) is 26.1 Å². The van der Waals surface area contributed by atoms with E-state index < -0.39 is 0 Å². The molecule has 2 aliphatic heterocycles. The zero-order chi connectivity index (χ0) is 16.8. The first-order valence-corrected chi connectivity index (χ1v) is 9.90. The summed E-state index contributed by atoms with van der Waals surface area (Å²) in [6.45, 7) is 8.63. The fraction of sp³-hybridized carbons (Fsp3) is 0.611. The number of hydrogen-bond acceptors (Lipinski definition) is 4. The van der Waals surface area contributed by atoms with Crippen molar-refractivity contribution in [1.82, 2.24) is 9.80 Å². The molecule has 5 nitrogen and oxygen atoms in total. The summed E-state index contributed by atoms with van der Waals surface area (Å²) >= 11 is 1.98. The van der Waals surface area contributed by atoms with Gasteiger partial charge in [-0.1, -0.05) is 24.3 Å². The van der Waals surface area contributed by atoms with Crippen LogP contribution in [0.5, 0.6) is 0 Å². The van der Waals surface area contributed by atoms with E-state index in [4.69, 9.17) is 10.5 Å². The Hall–Kier alpha value is -1.24. The summed E-state index contributed by atoms with van der Waals surface area (Å²) in [5.74, 6) is 2.97. The van der Waals surface area contributed by atoms with E-state index in [2.05, 4.69) is 46.0 Å². The Labute approximate surface area is 149 Å². The van der Waals surface area contributed by atoms with Crippen molar-refractivity contribution in [3.63, 3.8) is 0 Å². The fourth-order valence-corrected chi connectivity index (χ4v) is 4.09. The molecule has 0 saturated carbocycles. The molecule has 3 rings (SSSR count). The molecule has 24 heavy (non-hydrogen) atoms. The molecule has 1 aromatic rings. The van der Waals surface area contributed by atoms with Crippen molar-refractivity contribution in [3.8, 4) is 0 Å². The minimum absolute atomic E-state index is 0.328. The second kappa shape index (κ2) is 8.74. The van der Waals surface area contributed by atoms with Gasteiger partial charge in [-0.2, -0.15) is 11.8 Å². The Morgan fingerprint density at radius 2 is 2.08 bits per heavy atom. The highest BCUT2D eigenvalue weighted by Gasteiger charge is 2.16. The molecule has 0 aliphatic carbocycles. The summed E-state index contributed by atoms with van der Waals surface area (Å²) in [7, 11) is 0. The first kappa shape index (κ1) is 17.6. The van der Waals surface area contributed by atoms with Crippen molar-refractivity contribution in [2.24, 2.45) is 10.7 Å². The number of rotatable bonds is 4. The lowest BCUT2D eigenvalue weighted by atomic mass is 10.1. The number of nitrogens with zero attached hydrogens (tertiary/aromatic N) is 3. The van der Waals surface area contributed by atoms with Crippen LogP contribution >= 0.6 is 11.8 Å². The normalized spacial score (nSPS) is 23.5. The van der Waals surface area contributed by atoms with Crippen LogP contribution in [0.3, 0.4) is 0 Å². The largest absolute Gasteiger partial charge is 0.376 e. The van der Waals surface area contributed by atoms with Crippen LogP contribution in [0.25, 0.3) is 0 Å². The van der Waals surface area contributed by atoms with Gasteiger partial charge in [-0.3, -0.25) is 4.90 Å². The van der Waals surface area contributed by atoms with Gasteiger partial charge >= 0.3 is 0 Å². The molecular formula is C18H28N4OS. The van der Waals surface area contributed by atoms with Crippen molar-refractivity contribution < 1.29 is 4.74 Å². The van der Waals surface area contributed by atoms with E-state index in [0.717, 1.165) is 50.8 Å². The van der Waals surface area contributed by atoms with Gasteiger partial charge in [-0.05, 0) is 18.1 Å². The minimum atomic E-state index is 0.328. The summed E-state index contributed by atoms with van der Waals surface area (Å²) in [4.78, 5) is 9.24. The number of ether oxygens (including phenoxy) is 1. The monoisotopic (exact) mass is 348 g/mol. The van der Waals surface area contributed by atoms with E-state index in [-0.39, 0.29) is 0 Å². The summed E-state index contributed by atoms with van der Waals surface area (Å²) < 4.78 is 5.61. The van der Waals surface area contributed by atoms with Crippen LogP contribution in [-0.2, 0) is 17.8 Å². The number of aliphatic imine (C=N–C) groups is 1. The van der Waals surface area contributed by atoms with Crippen LogP contribution in [0.1, 0.15) is 18.1 Å². The van der Waals surface area contributed by atoms with Crippen LogP contribution in [-0.4, -0.2) is 66.2 Å². The van der Waals surface area contributed by atoms with Crippen molar-refractivity contribution >= 4 is 17.7 Å². The standard InChI is InChI=1S/C18H28N4OS/c1-15-13-21(5-8-23-15)14-17-4-2-3-16(11-17)12-20-18(19)22-6-9-24-10-7-22/h2-4,11,15H,5-10,12-14H2,1H3,(H2,19,20). The Kier molecular flexibility index (Phi) is 6.40. The molecule has 0 aromatic heterocycles. The molecule has 2 saturated heterocycles. The number of thioether (sulfide) groups is 1. The molecule has 132 valence electrons. The second-order valence-electron chi connectivity index (χ2n) is 6.51. The molecule has 6 heteroatoms. The lowest BCUT2D eigenvalue weighted by Crippen LogP contribution is -2.42. The third-order valence-electron chi connectivity index (χ3n) is 4.48. The maximum atomic E-state index is 6.14. The Balaban J connectivity index is 1.56. The second-order valence-corrected chi connectivity index (χ2v) is 7.74. The summed E-state index contributed by atoms with van der Waals surface area (Å²) in [5, 5.41) is 0. The quantitative estimate of drug-likeness (QED) is 0.664. The number of benzene rings is 1. The molecule has 1 unspecified atom stereocenters. The van der Waals surface area contributed by atoms with E-state index in [1.54, 1.807) is 0 Å². The molecule has 0 spiro atoms. The van der Waals surface area contributed by atoms with Crippen molar-refractivity contribution in [2.75, 3.05) is 44.3 Å². The van der Waals surface area contributed by atoms with E-state index in [0.29, 0.717) is 18.6 Å².